The van der Waals surface area contributed by atoms with Crippen LogP contribution in [-0.2, 0) is 0 Å². The normalized spacial score (nSPS) is 10.2. The molecule has 0 aliphatic carbocycles. The average molecular weight is 464 g/mol. The highest BCUT2D eigenvalue weighted by atomic mass is 35.5. The zero-order valence-corrected chi connectivity index (χ0v) is 18.9. The molecule has 0 aromatic heterocycles. The van der Waals surface area contributed by atoms with Gasteiger partial charge in [-0.1, -0.05) is 66.2 Å². The Hall–Kier alpha value is -4.58. The van der Waals surface area contributed by atoms with Crippen LogP contribution in [0.1, 0.15) is 27.0 Å². The largest absolute Gasteiger partial charge is 0.497 e. The Balaban J connectivity index is 2.19. The van der Waals surface area contributed by atoms with Crippen molar-refractivity contribution in [3.8, 4) is 40.1 Å². The molecule has 0 bridgehead atoms. The van der Waals surface area contributed by atoms with Gasteiger partial charge in [0.1, 0.15) is 17.9 Å². The molecule has 6 heteroatoms. The van der Waals surface area contributed by atoms with Gasteiger partial charge in [0.25, 0.3) is 0 Å². The van der Waals surface area contributed by atoms with Gasteiger partial charge >= 0.3 is 0 Å². The first-order valence-corrected chi connectivity index (χ1v) is 10.7. The van der Waals surface area contributed by atoms with Crippen LogP contribution < -0.4 is 10.5 Å². The van der Waals surface area contributed by atoms with Gasteiger partial charge in [-0.15, -0.1) is 0 Å². The van der Waals surface area contributed by atoms with E-state index in [-0.39, 0.29) is 28.2 Å². The van der Waals surface area contributed by atoms with Crippen LogP contribution in [0.3, 0.4) is 0 Å². The lowest BCUT2D eigenvalue weighted by molar-refractivity contribution is 0.103. The van der Waals surface area contributed by atoms with Crippen molar-refractivity contribution >= 4 is 23.1 Å². The van der Waals surface area contributed by atoms with Gasteiger partial charge < -0.3 is 10.5 Å². The van der Waals surface area contributed by atoms with Crippen molar-refractivity contribution in [2.24, 2.45) is 0 Å². The third-order valence-electron chi connectivity index (χ3n) is 5.54. The van der Waals surface area contributed by atoms with Gasteiger partial charge in [-0.3, -0.25) is 4.79 Å². The van der Waals surface area contributed by atoms with E-state index in [4.69, 9.17) is 22.1 Å². The van der Waals surface area contributed by atoms with Gasteiger partial charge in [0.2, 0.25) is 0 Å². The number of nitrogens with zero attached hydrogens (tertiary/aromatic N) is 2. The first-order valence-electron chi connectivity index (χ1n) is 10.3. The molecular weight excluding hydrogens is 446 g/mol. The van der Waals surface area contributed by atoms with Crippen LogP contribution in [0.2, 0.25) is 5.02 Å². The zero-order valence-electron chi connectivity index (χ0n) is 18.2. The summed E-state index contributed by atoms with van der Waals surface area (Å²) >= 11 is 6.10. The summed E-state index contributed by atoms with van der Waals surface area (Å²) in [6.45, 7) is 0. The van der Waals surface area contributed by atoms with Gasteiger partial charge in [-0.05, 0) is 35.4 Å². The Morgan fingerprint density at radius 2 is 1.38 bits per heavy atom. The number of methoxy groups -OCH3 is 1. The zero-order chi connectivity index (χ0) is 24.2. The molecule has 0 fully saturated rings. The molecule has 0 aliphatic rings. The third-order valence-corrected chi connectivity index (χ3v) is 5.79. The lowest BCUT2D eigenvalue weighted by atomic mass is 9.81. The second-order valence-electron chi connectivity index (χ2n) is 7.44. The number of anilines is 1. The number of rotatable bonds is 5. The molecule has 0 heterocycles. The Kier molecular flexibility index (Phi) is 6.32. The summed E-state index contributed by atoms with van der Waals surface area (Å²) in [6.07, 6.45) is 0. The van der Waals surface area contributed by atoms with Crippen LogP contribution in [0.5, 0.6) is 5.75 Å². The van der Waals surface area contributed by atoms with Crippen LogP contribution in [0.4, 0.5) is 5.69 Å². The maximum atomic E-state index is 13.8. The smallest absolute Gasteiger partial charge is 0.195 e. The standard InChI is InChI=1S/C28H18ClN3O2/c1-34-21-13-9-18(10-14-21)25-24(17-7-11-20(29)12-8-17)22(15-30)27(32)23(16-31)26(25)28(33)19-5-3-2-4-6-19/h2-14H,32H2,1H3. The number of benzene rings is 4. The number of nitrogens with two attached hydrogens (primary N) is 1. The fraction of sp³-hybridized carbons (Fsp3) is 0.0357. The van der Waals surface area contributed by atoms with E-state index >= 15 is 0 Å². The predicted molar refractivity (Wildman–Crippen MR) is 133 cm³/mol. The fourth-order valence-electron chi connectivity index (χ4n) is 3.91. The van der Waals surface area contributed by atoms with Crippen LogP contribution in [-0.4, -0.2) is 12.9 Å². The number of carbonyl (C=O) groups excluding carboxylic acids is 1. The van der Waals surface area contributed by atoms with Gasteiger partial charge in [-0.25, -0.2) is 0 Å². The maximum absolute atomic E-state index is 13.8. The molecule has 4 aromatic rings. The molecule has 34 heavy (non-hydrogen) atoms. The van der Waals surface area contributed by atoms with Crippen molar-refractivity contribution in [2.75, 3.05) is 12.8 Å². The van der Waals surface area contributed by atoms with Gasteiger partial charge in [0.05, 0.1) is 29.5 Å². The van der Waals surface area contributed by atoms with Crippen molar-refractivity contribution in [1.29, 1.82) is 10.5 Å². The lowest BCUT2D eigenvalue weighted by Crippen LogP contribution is -2.12. The summed E-state index contributed by atoms with van der Waals surface area (Å²) in [4.78, 5) is 13.8. The van der Waals surface area contributed by atoms with Crippen molar-refractivity contribution < 1.29 is 9.53 Å². The first-order chi connectivity index (χ1) is 16.5. The number of ketones is 1. The topological polar surface area (TPSA) is 99.9 Å². The quantitative estimate of drug-likeness (QED) is 0.279. The second-order valence-corrected chi connectivity index (χ2v) is 7.88. The molecule has 0 amide bonds. The molecule has 0 atom stereocenters. The number of ether oxygens (including phenoxy) is 1. The first kappa shape index (κ1) is 22.6. The van der Waals surface area contributed by atoms with E-state index in [1.54, 1.807) is 86.0 Å². The summed E-state index contributed by atoms with van der Waals surface area (Å²) in [5.74, 6) is 0.263. The number of hydrogen-bond acceptors (Lipinski definition) is 5. The van der Waals surface area contributed by atoms with Crippen LogP contribution in [0.15, 0.2) is 78.9 Å². The highest BCUT2D eigenvalue weighted by molar-refractivity contribution is 6.30. The van der Waals surface area contributed by atoms with Crippen LogP contribution in [0, 0.1) is 22.7 Å². The summed E-state index contributed by atoms with van der Waals surface area (Å²) in [5, 5.41) is 20.6. The van der Waals surface area contributed by atoms with E-state index in [2.05, 4.69) is 12.1 Å². The molecule has 0 unspecified atom stereocenters. The number of halogens is 1. The summed E-state index contributed by atoms with van der Waals surface area (Å²) in [6, 6.07) is 26.9. The number of nitriles is 2. The minimum Gasteiger partial charge on any atom is -0.497 e. The lowest BCUT2D eigenvalue weighted by Gasteiger charge is -2.20. The summed E-state index contributed by atoms with van der Waals surface area (Å²) < 4.78 is 5.28. The molecule has 0 aliphatic heterocycles. The number of nitrogen functional groups attached to an aromatic ring is 1. The Morgan fingerprint density at radius 3 is 1.94 bits per heavy atom. The van der Waals surface area contributed by atoms with E-state index in [1.165, 1.54) is 0 Å². The molecule has 4 aromatic carbocycles. The van der Waals surface area contributed by atoms with E-state index in [0.29, 0.717) is 38.6 Å². The van der Waals surface area contributed by atoms with Crippen molar-refractivity contribution in [3.05, 3.63) is 106 Å². The number of hydrogen-bond donors (Lipinski definition) is 1. The van der Waals surface area contributed by atoms with E-state index in [9.17, 15) is 15.3 Å². The average Bonchev–Trinajstić information content (AvgIpc) is 2.88. The SMILES string of the molecule is COc1ccc(-c2c(C(=O)c3ccccc3)c(C#N)c(N)c(C#N)c2-c2ccc(Cl)cc2)cc1. The monoisotopic (exact) mass is 463 g/mol. The second kappa shape index (κ2) is 9.50. The number of carbonyl (C=O) groups is 1. The summed E-state index contributed by atoms with van der Waals surface area (Å²) in [7, 11) is 1.56. The highest BCUT2D eigenvalue weighted by Gasteiger charge is 2.29. The molecule has 0 saturated heterocycles. The maximum Gasteiger partial charge on any atom is 0.195 e. The molecule has 0 saturated carbocycles. The Bertz CT molecular complexity index is 1460. The third kappa shape index (κ3) is 3.97. The molecule has 5 nitrogen and oxygen atoms in total. The Labute approximate surface area is 202 Å². The van der Waals surface area contributed by atoms with Crippen molar-refractivity contribution in [2.45, 2.75) is 0 Å². The van der Waals surface area contributed by atoms with Crippen molar-refractivity contribution in [1.82, 2.24) is 0 Å². The predicted octanol–water partition coefficient (Wildman–Crippen LogP) is 6.24. The van der Waals surface area contributed by atoms with E-state index in [0.717, 1.165) is 0 Å². The van der Waals surface area contributed by atoms with Gasteiger partial charge in [-0.2, -0.15) is 10.5 Å². The summed E-state index contributed by atoms with van der Waals surface area (Å²) in [5.41, 5.74) is 9.12. The molecule has 0 spiro atoms. The molecule has 2 N–H and O–H groups in total. The minimum absolute atomic E-state index is 0.0334. The Morgan fingerprint density at radius 1 is 0.824 bits per heavy atom. The molecule has 4 rings (SSSR count). The molecular formula is C28H18ClN3O2. The van der Waals surface area contributed by atoms with Crippen LogP contribution >= 0.6 is 11.6 Å². The van der Waals surface area contributed by atoms with Crippen LogP contribution in [0.25, 0.3) is 22.3 Å². The highest BCUT2D eigenvalue weighted by Crippen LogP contribution is 2.44. The molecule has 164 valence electrons. The molecule has 0 radical (unpaired) electrons. The van der Waals surface area contributed by atoms with Gasteiger partial charge in [0, 0.05) is 21.7 Å². The van der Waals surface area contributed by atoms with Crippen molar-refractivity contribution in [3.63, 3.8) is 0 Å². The van der Waals surface area contributed by atoms with E-state index < -0.39 is 0 Å². The van der Waals surface area contributed by atoms with Gasteiger partial charge in [0.15, 0.2) is 5.78 Å². The van der Waals surface area contributed by atoms with E-state index in [1.807, 2.05) is 0 Å². The fourth-order valence-corrected chi connectivity index (χ4v) is 4.04. The minimum atomic E-state index is -0.366.